The molecular weight excluding hydrogens is 191 g/mol. The first-order valence-corrected chi connectivity index (χ1v) is 3.21. The molecule has 1 aromatic carbocycles. The number of carboxylic acid groups (broad SMARTS) is 1. The predicted molar refractivity (Wildman–Crippen MR) is 47.2 cm³/mol. The molecule has 0 heterocycles. The Labute approximate surface area is 96.3 Å². The first-order chi connectivity index (χ1) is 5.13. The number of rotatable bonds is 1. The van der Waals surface area contributed by atoms with Crippen LogP contribution in [0.3, 0.4) is 0 Å². The van der Waals surface area contributed by atoms with Gasteiger partial charge in [0.1, 0.15) is 11.3 Å². The molecule has 0 aliphatic heterocycles. The van der Waals surface area contributed by atoms with Gasteiger partial charge in [-0.1, -0.05) is 17.7 Å². The molecule has 0 aliphatic carbocycles. The van der Waals surface area contributed by atoms with Gasteiger partial charge in [0, 0.05) is 0 Å². The third-order valence-corrected chi connectivity index (χ3v) is 1.52. The third-order valence-electron chi connectivity index (χ3n) is 1.22. The zero-order valence-electron chi connectivity index (χ0n) is 5.41. The van der Waals surface area contributed by atoms with E-state index in [1.165, 1.54) is 18.2 Å². The minimum atomic E-state index is -1.19. The van der Waals surface area contributed by atoms with Crippen LogP contribution in [0.15, 0.2) is 18.2 Å². The summed E-state index contributed by atoms with van der Waals surface area (Å²) in [5.41, 5.74) is -0.183. The number of hydrogen-bond acceptors (Lipinski definition) is 2. The maximum absolute atomic E-state index is 10.4. The molecule has 12 heavy (non-hydrogen) atoms. The molecule has 3 nitrogen and oxygen atoms in total. The van der Waals surface area contributed by atoms with Crippen molar-refractivity contribution >= 4 is 47.1 Å². The van der Waals surface area contributed by atoms with E-state index in [4.69, 9.17) is 21.8 Å². The van der Waals surface area contributed by atoms with Crippen LogP contribution in [0.4, 0.5) is 0 Å². The molecule has 0 amide bonds. The van der Waals surface area contributed by atoms with Crippen LogP contribution >= 0.6 is 11.6 Å². The van der Waals surface area contributed by atoms with Crippen molar-refractivity contribution in [2.45, 2.75) is 0 Å². The van der Waals surface area contributed by atoms with Crippen molar-refractivity contribution in [1.29, 1.82) is 0 Å². The molecule has 60 valence electrons. The Kier molecular flexibility index (Phi) is 4.63. The van der Waals surface area contributed by atoms with Gasteiger partial charge in [0.2, 0.25) is 0 Å². The van der Waals surface area contributed by atoms with E-state index in [1.807, 2.05) is 0 Å². The quantitative estimate of drug-likeness (QED) is 0.662. The zero-order valence-corrected chi connectivity index (χ0v) is 6.17. The van der Waals surface area contributed by atoms with Gasteiger partial charge >= 0.3 is 35.5 Å². The second kappa shape index (κ2) is 4.72. The van der Waals surface area contributed by atoms with Crippen LogP contribution in [0, 0.1) is 0 Å². The fourth-order valence-electron chi connectivity index (χ4n) is 0.688. The third kappa shape index (κ3) is 2.38. The summed E-state index contributed by atoms with van der Waals surface area (Å²) in [5, 5.41) is 17.6. The molecule has 1 aromatic rings. The van der Waals surface area contributed by atoms with E-state index in [2.05, 4.69) is 0 Å². The second-order valence-electron chi connectivity index (χ2n) is 1.94. The van der Waals surface area contributed by atoms with Crippen molar-refractivity contribution in [3.63, 3.8) is 0 Å². The van der Waals surface area contributed by atoms with Crippen molar-refractivity contribution in [3.05, 3.63) is 28.8 Å². The zero-order chi connectivity index (χ0) is 8.43. The summed E-state index contributed by atoms with van der Waals surface area (Å²) in [7, 11) is 0. The number of phenols is 1. The summed E-state index contributed by atoms with van der Waals surface area (Å²) < 4.78 is 0. The second-order valence-corrected chi connectivity index (χ2v) is 2.35. The van der Waals surface area contributed by atoms with E-state index >= 15 is 0 Å². The van der Waals surface area contributed by atoms with Gasteiger partial charge in [0.05, 0.1) is 5.02 Å². The van der Waals surface area contributed by atoms with Crippen molar-refractivity contribution in [1.82, 2.24) is 0 Å². The maximum atomic E-state index is 10.4. The molecule has 0 saturated carbocycles. The Hall–Kier alpha value is -0.220. The Balaban J connectivity index is 0.00000121. The first kappa shape index (κ1) is 11.8. The molecule has 2 N–H and O–H groups in total. The van der Waals surface area contributed by atoms with Crippen LogP contribution in [-0.4, -0.2) is 45.7 Å². The van der Waals surface area contributed by atoms with Gasteiger partial charge in [0.15, 0.2) is 0 Å². The van der Waals surface area contributed by atoms with Gasteiger partial charge in [0.25, 0.3) is 0 Å². The van der Waals surface area contributed by atoms with E-state index in [1.54, 1.807) is 0 Å². The standard InChI is InChI=1S/C7H5ClO3.Na.H/c8-5-3-1-2-4(6(5)9)7(10)11;;/h1-3,9H,(H,10,11);;. The van der Waals surface area contributed by atoms with Gasteiger partial charge in [-0.2, -0.15) is 0 Å². The fraction of sp³-hybridized carbons (Fsp3) is 0. The average molecular weight is 197 g/mol. The monoisotopic (exact) mass is 196 g/mol. The molecule has 0 radical (unpaired) electrons. The molecular formula is C7H6ClNaO3. The van der Waals surface area contributed by atoms with Crippen molar-refractivity contribution < 1.29 is 15.0 Å². The number of benzene rings is 1. The number of aromatic carboxylic acids is 1. The molecule has 5 heteroatoms. The molecule has 0 aliphatic rings. The first-order valence-electron chi connectivity index (χ1n) is 2.83. The van der Waals surface area contributed by atoms with Crippen molar-refractivity contribution in [2.24, 2.45) is 0 Å². The Morgan fingerprint density at radius 3 is 2.42 bits per heavy atom. The van der Waals surface area contributed by atoms with Gasteiger partial charge in [-0.05, 0) is 12.1 Å². The van der Waals surface area contributed by atoms with Gasteiger partial charge in [-0.15, -0.1) is 0 Å². The summed E-state index contributed by atoms with van der Waals surface area (Å²) in [6, 6.07) is 4.17. The fourth-order valence-corrected chi connectivity index (χ4v) is 0.862. The van der Waals surface area contributed by atoms with E-state index in [9.17, 15) is 4.79 Å². The van der Waals surface area contributed by atoms with Gasteiger partial charge < -0.3 is 10.2 Å². The van der Waals surface area contributed by atoms with E-state index in [0.29, 0.717) is 0 Å². The van der Waals surface area contributed by atoms with E-state index < -0.39 is 5.97 Å². The number of para-hydroxylation sites is 1. The van der Waals surface area contributed by atoms with E-state index in [-0.39, 0.29) is 45.9 Å². The number of carboxylic acids is 1. The summed E-state index contributed by atoms with van der Waals surface area (Å²) >= 11 is 5.44. The number of hydrogen-bond donors (Lipinski definition) is 2. The Bertz CT molecular complexity index is 301. The summed E-state index contributed by atoms with van der Waals surface area (Å²) in [6.07, 6.45) is 0. The van der Waals surface area contributed by atoms with Crippen LogP contribution in [0.5, 0.6) is 5.75 Å². The molecule has 0 unspecified atom stereocenters. The van der Waals surface area contributed by atoms with Crippen LogP contribution in [-0.2, 0) is 0 Å². The van der Waals surface area contributed by atoms with Crippen LogP contribution in [0.25, 0.3) is 0 Å². The van der Waals surface area contributed by atoms with Crippen LogP contribution in [0.1, 0.15) is 10.4 Å². The normalized spacial score (nSPS) is 8.75. The van der Waals surface area contributed by atoms with Crippen molar-refractivity contribution in [3.8, 4) is 5.75 Å². The minimum absolute atomic E-state index is 0. The predicted octanol–water partition coefficient (Wildman–Crippen LogP) is 1.10. The van der Waals surface area contributed by atoms with Crippen molar-refractivity contribution in [2.75, 3.05) is 0 Å². The molecule has 0 bridgehead atoms. The molecule has 0 aromatic heterocycles. The van der Waals surface area contributed by atoms with E-state index in [0.717, 1.165) is 0 Å². The molecule has 0 fully saturated rings. The Morgan fingerprint density at radius 1 is 1.42 bits per heavy atom. The molecule has 0 atom stereocenters. The molecule has 0 saturated heterocycles. The molecule has 0 spiro atoms. The summed E-state index contributed by atoms with van der Waals surface area (Å²) in [4.78, 5) is 10.4. The summed E-state index contributed by atoms with van der Waals surface area (Å²) in [5.74, 6) is -1.58. The topological polar surface area (TPSA) is 57.5 Å². The van der Waals surface area contributed by atoms with Crippen LogP contribution < -0.4 is 0 Å². The molecule has 1 rings (SSSR count). The van der Waals surface area contributed by atoms with Gasteiger partial charge in [-0.25, -0.2) is 4.79 Å². The van der Waals surface area contributed by atoms with Crippen LogP contribution in [0.2, 0.25) is 5.02 Å². The average Bonchev–Trinajstić information content (AvgIpc) is 1.94. The number of carbonyl (C=O) groups is 1. The Morgan fingerprint density at radius 2 is 2.00 bits per heavy atom. The number of halogens is 1. The SMILES string of the molecule is O=C(O)c1cccc(Cl)c1O.[NaH]. The van der Waals surface area contributed by atoms with Gasteiger partial charge in [-0.3, -0.25) is 0 Å². The number of aromatic hydroxyl groups is 1. The summed E-state index contributed by atoms with van der Waals surface area (Å²) in [6.45, 7) is 0.